The lowest BCUT2D eigenvalue weighted by Crippen LogP contribution is -2.51. The summed E-state index contributed by atoms with van der Waals surface area (Å²) in [5.74, 6) is 0. The summed E-state index contributed by atoms with van der Waals surface area (Å²) in [6.45, 7) is 1.15. The van der Waals surface area contributed by atoms with E-state index in [2.05, 4.69) is 39.4 Å². The van der Waals surface area contributed by atoms with Gasteiger partial charge in [0.05, 0.1) is 0 Å². The Balaban J connectivity index is 2.12. The van der Waals surface area contributed by atoms with Crippen LogP contribution in [0.2, 0.25) is 0 Å². The maximum atomic E-state index is 3.69. The molecular weight excluding hydrogens is 238 g/mol. The van der Waals surface area contributed by atoms with Crippen molar-refractivity contribution in [2.24, 2.45) is 0 Å². The fourth-order valence-electron chi connectivity index (χ4n) is 2.72. The topological polar surface area (TPSA) is 12.0 Å². The predicted molar refractivity (Wildman–Crippen MR) is 61.4 cm³/mol. The molecule has 0 atom stereocenters. The summed E-state index contributed by atoms with van der Waals surface area (Å²) in [7, 11) is 0. The molecule has 1 N–H and O–H groups in total. The second-order valence-electron chi connectivity index (χ2n) is 4.41. The van der Waals surface area contributed by atoms with Crippen LogP contribution in [-0.2, 0) is 12.0 Å². The van der Waals surface area contributed by atoms with Crippen LogP contribution in [0.4, 0.5) is 0 Å². The summed E-state index contributed by atoms with van der Waals surface area (Å²) >= 11 is 3.57. The lowest BCUT2D eigenvalue weighted by molar-refractivity contribution is 0.176. The van der Waals surface area contributed by atoms with Crippen molar-refractivity contribution in [1.29, 1.82) is 0 Å². The minimum atomic E-state index is 0.345. The molecule has 1 aromatic carbocycles. The van der Waals surface area contributed by atoms with Gasteiger partial charge < -0.3 is 5.32 Å². The predicted octanol–water partition coefficient (Wildman–Crippen LogP) is 2.97. The number of hydrogen-bond acceptors (Lipinski definition) is 1. The van der Waals surface area contributed by atoms with Gasteiger partial charge >= 0.3 is 0 Å². The maximum Gasteiger partial charge on any atom is 0.0437 e. The quantitative estimate of drug-likeness (QED) is 0.748. The normalized spacial score (nSPS) is 22.9. The number of rotatable bonds is 0. The molecule has 1 aromatic rings. The fraction of sp³-hybridized carbons (Fsp3) is 0.500. The first-order valence-corrected chi connectivity index (χ1v) is 6.13. The summed E-state index contributed by atoms with van der Waals surface area (Å²) in [6, 6.07) is 6.75. The van der Waals surface area contributed by atoms with E-state index < -0.39 is 0 Å². The molecule has 0 aromatic heterocycles. The molecule has 1 saturated carbocycles. The van der Waals surface area contributed by atoms with Crippen LogP contribution in [0, 0.1) is 0 Å². The molecule has 74 valence electrons. The zero-order valence-corrected chi connectivity index (χ0v) is 9.73. The Hall–Kier alpha value is -0.340. The van der Waals surface area contributed by atoms with Crippen LogP contribution in [0.1, 0.15) is 30.4 Å². The molecule has 2 aliphatic rings. The molecule has 0 bridgehead atoms. The summed E-state index contributed by atoms with van der Waals surface area (Å²) in [4.78, 5) is 0. The van der Waals surface area contributed by atoms with Gasteiger partial charge in [-0.1, -0.05) is 22.0 Å². The van der Waals surface area contributed by atoms with E-state index >= 15 is 0 Å². The van der Waals surface area contributed by atoms with E-state index in [4.69, 9.17) is 0 Å². The van der Waals surface area contributed by atoms with Crippen molar-refractivity contribution in [3.05, 3.63) is 33.8 Å². The van der Waals surface area contributed by atoms with Crippen LogP contribution < -0.4 is 5.32 Å². The number of benzene rings is 1. The first-order valence-electron chi connectivity index (χ1n) is 5.34. The van der Waals surface area contributed by atoms with E-state index in [0.717, 1.165) is 6.54 Å². The number of fused-ring (bicyclic) bond motifs is 2. The average molecular weight is 252 g/mol. The third-order valence-electron chi connectivity index (χ3n) is 3.65. The Morgan fingerprint density at radius 2 is 2.14 bits per heavy atom. The molecule has 1 spiro atoms. The van der Waals surface area contributed by atoms with Gasteiger partial charge in [-0.2, -0.15) is 0 Å². The van der Waals surface area contributed by atoms with E-state index in [0.29, 0.717) is 5.54 Å². The molecule has 3 rings (SSSR count). The van der Waals surface area contributed by atoms with E-state index in [1.165, 1.54) is 30.2 Å². The zero-order chi connectivity index (χ0) is 9.60. The van der Waals surface area contributed by atoms with Crippen molar-refractivity contribution in [2.45, 2.75) is 31.2 Å². The molecule has 0 unspecified atom stereocenters. The monoisotopic (exact) mass is 251 g/mol. The van der Waals surface area contributed by atoms with Crippen LogP contribution >= 0.6 is 15.9 Å². The smallest absolute Gasteiger partial charge is 0.0437 e. The van der Waals surface area contributed by atoms with Crippen molar-refractivity contribution < 1.29 is 0 Å². The van der Waals surface area contributed by atoms with Crippen LogP contribution in [0.15, 0.2) is 22.7 Å². The Morgan fingerprint density at radius 1 is 1.29 bits per heavy atom. The van der Waals surface area contributed by atoms with Crippen LogP contribution in [0.25, 0.3) is 0 Å². The summed E-state index contributed by atoms with van der Waals surface area (Å²) in [5, 5.41) is 3.69. The minimum Gasteiger partial charge on any atom is -0.307 e. The molecular formula is C12H14BrN. The second kappa shape index (κ2) is 3.07. The van der Waals surface area contributed by atoms with Gasteiger partial charge in [0.2, 0.25) is 0 Å². The van der Waals surface area contributed by atoms with Gasteiger partial charge in [0.25, 0.3) is 0 Å². The van der Waals surface area contributed by atoms with Crippen molar-refractivity contribution in [3.8, 4) is 0 Å². The Bertz CT molecular complexity index is 369. The highest BCUT2D eigenvalue weighted by molar-refractivity contribution is 9.10. The molecule has 1 fully saturated rings. The van der Waals surface area contributed by atoms with Crippen LogP contribution in [0.3, 0.4) is 0 Å². The molecule has 1 nitrogen and oxygen atoms in total. The van der Waals surface area contributed by atoms with Crippen molar-refractivity contribution in [1.82, 2.24) is 5.32 Å². The molecule has 14 heavy (non-hydrogen) atoms. The Kier molecular flexibility index (Phi) is 1.96. The Morgan fingerprint density at radius 3 is 2.86 bits per heavy atom. The third-order valence-corrected chi connectivity index (χ3v) is 4.15. The standard InChI is InChI=1S/C12H14BrN/c13-10-3-2-9-4-7-14-12(5-1-6-12)11(9)8-10/h2-3,8,14H,1,4-7H2. The molecule has 0 radical (unpaired) electrons. The first-order chi connectivity index (χ1) is 6.80. The lowest BCUT2D eigenvalue weighted by atomic mass is 9.68. The number of halogens is 1. The van der Waals surface area contributed by atoms with E-state index in [1.54, 1.807) is 11.1 Å². The van der Waals surface area contributed by atoms with E-state index in [1.807, 2.05) is 0 Å². The van der Waals surface area contributed by atoms with Crippen molar-refractivity contribution >= 4 is 15.9 Å². The largest absolute Gasteiger partial charge is 0.307 e. The van der Waals surface area contributed by atoms with E-state index in [9.17, 15) is 0 Å². The van der Waals surface area contributed by atoms with Gasteiger partial charge in [-0.25, -0.2) is 0 Å². The molecule has 0 saturated heterocycles. The van der Waals surface area contributed by atoms with Gasteiger partial charge in [-0.05, 0) is 48.9 Å². The van der Waals surface area contributed by atoms with Crippen molar-refractivity contribution in [3.63, 3.8) is 0 Å². The minimum absolute atomic E-state index is 0.345. The molecule has 2 heteroatoms. The maximum absolute atomic E-state index is 3.69. The molecule has 1 heterocycles. The number of nitrogens with one attached hydrogen (secondary N) is 1. The van der Waals surface area contributed by atoms with E-state index in [-0.39, 0.29) is 0 Å². The van der Waals surface area contributed by atoms with Gasteiger partial charge in [-0.3, -0.25) is 0 Å². The molecule has 0 amide bonds. The van der Waals surface area contributed by atoms with Crippen LogP contribution in [-0.4, -0.2) is 6.54 Å². The van der Waals surface area contributed by atoms with Gasteiger partial charge in [-0.15, -0.1) is 0 Å². The highest BCUT2D eigenvalue weighted by atomic mass is 79.9. The summed E-state index contributed by atoms with van der Waals surface area (Å²) < 4.78 is 1.21. The third kappa shape index (κ3) is 1.17. The van der Waals surface area contributed by atoms with Crippen LogP contribution in [0.5, 0.6) is 0 Å². The zero-order valence-electron chi connectivity index (χ0n) is 8.15. The number of hydrogen-bond donors (Lipinski definition) is 1. The Labute approximate surface area is 93.0 Å². The summed E-state index contributed by atoms with van der Waals surface area (Å²) in [6.07, 6.45) is 5.19. The second-order valence-corrected chi connectivity index (χ2v) is 5.33. The first kappa shape index (κ1) is 8.93. The SMILES string of the molecule is Brc1ccc2c(c1)C1(CCC1)NCC2. The average Bonchev–Trinajstić information content (AvgIpc) is 2.14. The fourth-order valence-corrected chi connectivity index (χ4v) is 3.08. The lowest BCUT2D eigenvalue weighted by Gasteiger charge is -2.47. The molecule has 1 aliphatic carbocycles. The summed E-state index contributed by atoms with van der Waals surface area (Å²) in [5.41, 5.74) is 3.44. The van der Waals surface area contributed by atoms with Crippen molar-refractivity contribution in [2.75, 3.05) is 6.54 Å². The van der Waals surface area contributed by atoms with Gasteiger partial charge in [0, 0.05) is 16.6 Å². The van der Waals surface area contributed by atoms with Gasteiger partial charge in [0.15, 0.2) is 0 Å². The highest BCUT2D eigenvalue weighted by Crippen LogP contribution is 2.45. The highest BCUT2D eigenvalue weighted by Gasteiger charge is 2.41. The molecule has 1 aliphatic heterocycles. The van der Waals surface area contributed by atoms with Gasteiger partial charge in [0.1, 0.15) is 0 Å².